The van der Waals surface area contributed by atoms with Gasteiger partial charge in [-0.15, -0.1) is 11.8 Å². The summed E-state index contributed by atoms with van der Waals surface area (Å²) in [7, 11) is 0. The smallest absolute Gasteiger partial charge is 0.254 e. The molecule has 1 spiro atoms. The number of thioether (sulfide) groups is 1. The maximum absolute atomic E-state index is 13.1. The molecule has 0 N–H and O–H groups in total. The molecule has 0 bridgehead atoms. The first-order chi connectivity index (χ1) is 13.1. The fraction of sp³-hybridized carbons (Fsp3) is 0.619. The zero-order chi connectivity index (χ0) is 19.3. The minimum absolute atomic E-state index is 0.117. The van der Waals surface area contributed by atoms with Crippen LogP contribution in [0.1, 0.15) is 62.2 Å². The Morgan fingerprint density at radius 2 is 1.78 bits per heavy atom. The Balaban J connectivity index is 1.58. The van der Waals surface area contributed by atoms with Gasteiger partial charge in [-0.1, -0.05) is 42.1 Å². The Kier molecular flexibility index (Phi) is 7.26. The molecule has 6 heteroatoms. The molecule has 2 amide bonds. The molecule has 0 atom stereocenters. The number of hydrogen-bond donors (Lipinski definition) is 0. The van der Waals surface area contributed by atoms with Gasteiger partial charge in [0, 0.05) is 41.8 Å². The number of halogens is 1. The van der Waals surface area contributed by atoms with E-state index in [2.05, 4.69) is 27.8 Å². The molecule has 2 saturated heterocycles. The molecule has 2 heterocycles. The van der Waals surface area contributed by atoms with Gasteiger partial charge in [0.15, 0.2) is 0 Å². The maximum Gasteiger partial charge on any atom is 0.254 e. The molecular formula is C21H29BrN2O2S. The molecule has 0 saturated carbocycles. The predicted octanol–water partition coefficient (Wildman–Crippen LogP) is 4.93. The van der Waals surface area contributed by atoms with E-state index in [0.717, 1.165) is 61.1 Å². The fourth-order valence-corrected chi connectivity index (χ4v) is 5.74. The third-order valence-electron chi connectivity index (χ3n) is 5.66. The second-order valence-electron chi connectivity index (χ2n) is 7.45. The molecule has 0 unspecified atom stereocenters. The average Bonchev–Trinajstić information content (AvgIpc) is 3.08. The number of nitrogens with zero attached hydrogens (tertiary/aromatic N) is 2. The highest BCUT2D eigenvalue weighted by atomic mass is 79.9. The van der Waals surface area contributed by atoms with Crippen molar-refractivity contribution < 1.29 is 9.59 Å². The summed E-state index contributed by atoms with van der Waals surface area (Å²) in [5.41, 5.74) is 0.745. The summed E-state index contributed by atoms with van der Waals surface area (Å²) in [5, 5.41) is 0. The van der Waals surface area contributed by atoms with Crippen LogP contribution < -0.4 is 0 Å². The predicted molar refractivity (Wildman–Crippen MR) is 115 cm³/mol. The Hall–Kier alpha value is -1.01. The van der Waals surface area contributed by atoms with Gasteiger partial charge < -0.3 is 9.80 Å². The molecule has 0 aliphatic carbocycles. The van der Waals surface area contributed by atoms with Gasteiger partial charge in [-0.3, -0.25) is 9.59 Å². The maximum atomic E-state index is 13.1. The summed E-state index contributed by atoms with van der Waals surface area (Å²) in [6.07, 6.45) is 6.96. The van der Waals surface area contributed by atoms with E-state index < -0.39 is 0 Å². The van der Waals surface area contributed by atoms with Crippen molar-refractivity contribution in [3.8, 4) is 0 Å². The second kappa shape index (κ2) is 9.46. The van der Waals surface area contributed by atoms with Crippen LogP contribution in [0, 0.1) is 0 Å². The lowest BCUT2D eigenvalue weighted by atomic mass is 10.00. The van der Waals surface area contributed by atoms with E-state index in [1.807, 2.05) is 40.9 Å². The summed E-state index contributed by atoms with van der Waals surface area (Å²) >= 11 is 5.32. The fourth-order valence-electron chi connectivity index (χ4n) is 4.02. The van der Waals surface area contributed by atoms with Crippen LogP contribution in [-0.4, -0.2) is 51.9 Å². The number of hydrogen-bond acceptors (Lipinski definition) is 3. The Morgan fingerprint density at radius 1 is 1.07 bits per heavy atom. The zero-order valence-corrected chi connectivity index (χ0v) is 18.5. The number of amides is 2. The van der Waals surface area contributed by atoms with Crippen LogP contribution in [-0.2, 0) is 4.79 Å². The number of unbranched alkanes of at least 4 members (excludes halogenated alkanes) is 3. The van der Waals surface area contributed by atoms with E-state index in [0.29, 0.717) is 6.42 Å². The summed E-state index contributed by atoms with van der Waals surface area (Å²) in [6.45, 7) is 4.52. The van der Waals surface area contributed by atoms with Crippen LogP contribution in [0.5, 0.6) is 0 Å². The van der Waals surface area contributed by atoms with E-state index in [-0.39, 0.29) is 16.7 Å². The number of benzene rings is 1. The monoisotopic (exact) mass is 452 g/mol. The third kappa shape index (κ3) is 4.89. The third-order valence-corrected chi connectivity index (χ3v) is 7.74. The Morgan fingerprint density at radius 3 is 2.44 bits per heavy atom. The van der Waals surface area contributed by atoms with Gasteiger partial charge in [-0.2, -0.15) is 0 Å². The zero-order valence-electron chi connectivity index (χ0n) is 16.1. The summed E-state index contributed by atoms with van der Waals surface area (Å²) < 4.78 is 0.982. The van der Waals surface area contributed by atoms with Crippen molar-refractivity contribution in [2.75, 3.05) is 25.4 Å². The Bertz CT molecular complexity index is 657. The van der Waals surface area contributed by atoms with Crippen LogP contribution in [0.3, 0.4) is 0 Å². The Labute approximate surface area is 175 Å². The average molecular weight is 453 g/mol. The van der Waals surface area contributed by atoms with Gasteiger partial charge >= 0.3 is 0 Å². The molecule has 148 valence electrons. The molecular weight excluding hydrogens is 424 g/mol. The van der Waals surface area contributed by atoms with Crippen molar-refractivity contribution in [2.24, 2.45) is 0 Å². The first-order valence-corrected chi connectivity index (χ1v) is 11.8. The number of piperidine rings is 1. The molecule has 27 heavy (non-hydrogen) atoms. The first kappa shape index (κ1) is 20.7. The van der Waals surface area contributed by atoms with Gasteiger partial charge in [-0.25, -0.2) is 0 Å². The lowest BCUT2D eigenvalue weighted by Crippen LogP contribution is -2.53. The lowest BCUT2D eigenvalue weighted by Gasteiger charge is -2.44. The van der Waals surface area contributed by atoms with E-state index in [1.54, 1.807) is 0 Å². The van der Waals surface area contributed by atoms with Crippen LogP contribution >= 0.6 is 27.7 Å². The van der Waals surface area contributed by atoms with Crippen LogP contribution in [0.15, 0.2) is 28.7 Å². The second-order valence-corrected chi connectivity index (χ2v) is 9.82. The normalized spacial score (nSPS) is 18.9. The van der Waals surface area contributed by atoms with E-state index >= 15 is 0 Å². The van der Waals surface area contributed by atoms with Crippen molar-refractivity contribution in [1.29, 1.82) is 0 Å². The highest BCUT2D eigenvalue weighted by Gasteiger charge is 2.46. The molecule has 1 aromatic rings. The minimum Gasteiger partial charge on any atom is -0.342 e. The van der Waals surface area contributed by atoms with Gasteiger partial charge in [0.1, 0.15) is 0 Å². The number of carbonyl (C=O) groups excluding carboxylic acids is 2. The van der Waals surface area contributed by atoms with Crippen molar-refractivity contribution in [3.63, 3.8) is 0 Å². The quantitative estimate of drug-likeness (QED) is 0.574. The standard InChI is InChI=1S/C21H29BrN2O2S/c1-2-3-4-5-6-19(25)23-13-11-21(12-14-23)24(15-16-27-21)20(26)17-7-9-18(22)10-8-17/h7-10H,2-6,11-16H2,1H3. The van der Waals surface area contributed by atoms with Gasteiger partial charge in [0.05, 0.1) is 4.87 Å². The number of likely N-dealkylation sites (tertiary alicyclic amines) is 1. The lowest BCUT2D eigenvalue weighted by molar-refractivity contribution is -0.132. The molecule has 2 aliphatic heterocycles. The largest absolute Gasteiger partial charge is 0.342 e. The van der Waals surface area contributed by atoms with Crippen molar-refractivity contribution >= 4 is 39.5 Å². The summed E-state index contributed by atoms with van der Waals surface area (Å²) in [4.78, 5) is 29.5. The van der Waals surface area contributed by atoms with Gasteiger partial charge in [-0.05, 0) is 43.5 Å². The van der Waals surface area contributed by atoms with Gasteiger partial charge in [0.25, 0.3) is 5.91 Å². The number of carbonyl (C=O) groups is 2. The number of rotatable bonds is 6. The highest BCUT2D eigenvalue weighted by Crippen LogP contribution is 2.44. The van der Waals surface area contributed by atoms with Crippen molar-refractivity contribution in [1.82, 2.24) is 9.80 Å². The SMILES string of the molecule is CCCCCCC(=O)N1CCC2(CC1)SCCN2C(=O)c1ccc(Br)cc1. The molecule has 4 nitrogen and oxygen atoms in total. The molecule has 1 aromatic carbocycles. The summed E-state index contributed by atoms with van der Waals surface area (Å²) in [6, 6.07) is 7.61. The topological polar surface area (TPSA) is 40.6 Å². The highest BCUT2D eigenvalue weighted by molar-refractivity contribution is 9.10. The van der Waals surface area contributed by atoms with Crippen molar-refractivity contribution in [3.05, 3.63) is 34.3 Å². The summed E-state index contributed by atoms with van der Waals surface area (Å²) in [5.74, 6) is 1.38. The first-order valence-electron chi connectivity index (χ1n) is 10.0. The van der Waals surface area contributed by atoms with E-state index in [4.69, 9.17) is 0 Å². The van der Waals surface area contributed by atoms with Crippen LogP contribution in [0.2, 0.25) is 0 Å². The van der Waals surface area contributed by atoms with E-state index in [1.165, 1.54) is 12.8 Å². The molecule has 0 aromatic heterocycles. The van der Waals surface area contributed by atoms with Gasteiger partial charge in [0.2, 0.25) is 5.91 Å². The van der Waals surface area contributed by atoms with Crippen molar-refractivity contribution in [2.45, 2.75) is 56.7 Å². The van der Waals surface area contributed by atoms with Crippen LogP contribution in [0.25, 0.3) is 0 Å². The molecule has 0 radical (unpaired) electrons. The minimum atomic E-state index is -0.136. The molecule has 2 aliphatic rings. The molecule has 3 rings (SSSR count). The van der Waals surface area contributed by atoms with E-state index in [9.17, 15) is 9.59 Å². The molecule has 2 fully saturated rings. The van der Waals surface area contributed by atoms with Crippen LogP contribution in [0.4, 0.5) is 0 Å².